The van der Waals surface area contributed by atoms with Gasteiger partial charge in [0.25, 0.3) is 5.91 Å². The molecule has 2 amide bonds. The van der Waals surface area contributed by atoms with Crippen LogP contribution >= 0.6 is 11.3 Å². The summed E-state index contributed by atoms with van der Waals surface area (Å²) in [7, 11) is 0. The molecule has 0 aliphatic heterocycles. The molecule has 26 heavy (non-hydrogen) atoms. The Labute approximate surface area is 159 Å². The number of nitrogens with zero attached hydrogens (tertiary/aromatic N) is 2. The van der Waals surface area contributed by atoms with E-state index in [2.05, 4.69) is 17.2 Å². The van der Waals surface area contributed by atoms with Gasteiger partial charge in [0, 0.05) is 16.0 Å². The van der Waals surface area contributed by atoms with Crippen LogP contribution in [0.5, 0.6) is 0 Å². The number of carbonyl (C=O) groups is 2. The van der Waals surface area contributed by atoms with Crippen molar-refractivity contribution in [3.8, 4) is 0 Å². The zero-order chi connectivity index (χ0) is 19.5. The molecule has 140 valence electrons. The van der Waals surface area contributed by atoms with E-state index in [0.29, 0.717) is 10.7 Å². The molecule has 0 spiro atoms. The first kappa shape index (κ1) is 20.1. The van der Waals surface area contributed by atoms with Crippen molar-refractivity contribution in [2.24, 2.45) is 0 Å². The van der Waals surface area contributed by atoms with Gasteiger partial charge in [-0.05, 0) is 58.7 Å². The number of carbonyl (C=O) groups excluding carboxylic acids is 2. The van der Waals surface area contributed by atoms with E-state index < -0.39 is 5.54 Å². The minimum Gasteiger partial charge on any atom is -0.324 e. The summed E-state index contributed by atoms with van der Waals surface area (Å²) in [6, 6.07) is 7.56. The van der Waals surface area contributed by atoms with Crippen LogP contribution in [0.25, 0.3) is 0 Å². The smallest absolute Gasteiger partial charge is 0.254 e. The predicted octanol–water partition coefficient (Wildman–Crippen LogP) is 4.20. The van der Waals surface area contributed by atoms with Crippen molar-refractivity contribution >= 4 is 28.3 Å². The Hall–Kier alpha value is -2.21. The maximum atomic E-state index is 13.0. The molecule has 0 aliphatic rings. The summed E-state index contributed by atoms with van der Waals surface area (Å²) in [4.78, 5) is 32.4. The second kappa shape index (κ2) is 7.99. The Bertz CT molecular complexity index is 769. The van der Waals surface area contributed by atoms with Crippen molar-refractivity contribution in [2.45, 2.75) is 53.5 Å². The predicted molar refractivity (Wildman–Crippen MR) is 107 cm³/mol. The van der Waals surface area contributed by atoms with Crippen LogP contribution in [-0.4, -0.2) is 33.8 Å². The lowest BCUT2D eigenvalue weighted by atomic mass is 10.0. The first-order valence-corrected chi connectivity index (χ1v) is 9.58. The lowest BCUT2D eigenvalue weighted by Gasteiger charge is -2.35. The Kier molecular flexibility index (Phi) is 6.18. The summed E-state index contributed by atoms with van der Waals surface area (Å²) >= 11 is 1.44. The van der Waals surface area contributed by atoms with Gasteiger partial charge < -0.3 is 10.2 Å². The molecule has 0 aliphatic carbocycles. The van der Waals surface area contributed by atoms with E-state index in [-0.39, 0.29) is 18.4 Å². The summed E-state index contributed by atoms with van der Waals surface area (Å²) in [6.07, 6.45) is 0.923. The van der Waals surface area contributed by atoms with Crippen LogP contribution in [0.1, 0.15) is 54.2 Å². The third-order valence-corrected chi connectivity index (χ3v) is 5.23. The van der Waals surface area contributed by atoms with Gasteiger partial charge in [0.1, 0.15) is 6.54 Å². The summed E-state index contributed by atoms with van der Waals surface area (Å²) in [5, 5.41) is 3.37. The van der Waals surface area contributed by atoms with E-state index in [1.54, 1.807) is 4.90 Å². The van der Waals surface area contributed by atoms with Gasteiger partial charge in [-0.2, -0.15) is 0 Å². The fourth-order valence-electron chi connectivity index (χ4n) is 2.48. The van der Waals surface area contributed by atoms with Gasteiger partial charge in [-0.15, -0.1) is 11.3 Å². The molecule has 1 N–H and O–H groups in total. The molecule has 1 heterocycles. The largest absolute Gasteiger partial charge is 0.324 e. The number of aryl methyl sites for hydroxylation is 3. The maximum absolute atomic E-state index is 13.0. The third kappa shape index (κ3) is 4.91. The van der Waals surface area contributed by atoms with Gasteiger partial charge in [0.2, 0.25) is 5.91 Å². The molecule has 0 atom stereocenters. The average molecular weight is 374 g/mol. The number of nitrogens with one attached hydrogen (secondary N) is 1. The van der Waals surface area contributed by atoms with Crippen molar-refractivity contribution in [3.63, 3.8) is 0 Å². The second-order valence-electron chi connectivity index (χ2n) is 7.32. The van der Waals surface area contributed by atoms with Crippen molar-refractivity contribution in [1.82, 2.24) is 9.88 Å². The van der Waals surface area contributed by atoms with Crippen LogP contribution in [0, 0.1) is 13.8 Å². The first-order chi connectivity index (χ1) is 12.1. The van der Waals surface area contributed by atoms with Gasteiger partial charge in [-0.1, -0.05) is 19.1 Å². The molecular weight excluding hydrogens is 346 g/mol. The molecule has 2 aromatic rings. The van der Waals surface area contributed by atoms with Gasteiger partial charge in [-0.3, -0.25) is 9.59 Å². The van der Waals surface area contributed by atoms with Gasteiger partial charge in [0.05, 0.1) is 5.69 Å². The van der Waals surface area contributed by atoms with Crippen molar-refractivity contribution in [3.05, 3.63) is 46.0 Å². The topological polar surface area (TPSA) is 62.3 Å². The van der Waals surface area contributed by atoms with Gasteiger partial charge >= 0.3 is 0 Å². The summed E-state index contributed by atoms with van der Waals surface area (Å²) < 4.78 is 0. The lowest BCUT2D eigenvalue weighted by Crippen LogP contribution is -2.49. The molecule has 0 bridgehead atoms. The number of benzene rings is 1. The zero-order valence-electron chi connectivity index (χ0n) is 16.3. The number of hydrogen-bond donors (Lipinski definition) is 1. The molecule has 6 heteroatoms. The van der Waals surface area contributed by atoms with Crippen LogP contribution in [0.15, 0.2) is 24.3 Å². The van der Waals surface area contributed by atoms with Crippen molar-refractivity contribution in [1.29, 1.82) is 0 Å². The monoisotopic (exact) mass is 373 g/mol. The maximum Gasteiger partial charge on any atom is 0.254 e. The van der Waals surface area contributed by atoms with Crippen LogP contribution in [0.4, 0.5) is 5.13 Å². The van der Waals surface area contributed by atoms with Crippen LogP contribution in [0.3, 0.4) is 0 Å². The van der Waals surface area contributed by atoms with Gasteiger partial charge in [0.15, 0.2) is 5.13 Å². The van der Waals surface area contributed by atoms with E-state index in [4.69, 9.17) is 0 Å². The molecule has 0 radical (unpaired) electrons. The highest BCUT2D eigenvalue weighted by atomic mass is 32.1. The number of hydrogen-bond acceptors (Lipinski definition) is 4. The van der Waals surface area contributed by atoms with E-state index in [1.165, 1.54) is 16.9 Å². The van der Waals surface area contributed by atoms with Crippen LogP contribution < -0.4 is 5.32 Å². The number of amides is 2. The fourth-order valence-corrected chi connectivity index (χ4v) is 3.31. The summed E-state index contributed by atoms with van der Waals surface area (Å²) in [6.45, 7) is 11.7. The molecule has 2 rings (SSSR count). The molecule has 0 unspecified atom stereocenters. The average Bonchev–Trinajstić information content (AvgIpc) is 2.88. The standard InChI is InChI=1S/C20H27N3O2S/c1-7-15-8-10-16(11-9-15)18(25)23(20(4,5)6)12-17(24)22-19-21-13(2)14(3)26-19/h8-11H,7,12H2,1-6H3,(H,21,22,24). The third-order valence-electron chi connectivity index (χ3n) is 4.24. The van der Waals surface area contributed by atoms with E-state index >= 15 is 0 Å². The fraction of sp³-hybridized carbons (Fsp3) is 0.450. The zero-order valence-corrected chi connectivity index (χ0v) is 17.2. The molecule has 0 fully saturated rings. The molecular formula is C20H27N3O2S. The highest BCUT2D eigenvalue weighted by Crippen LogP contribution is 2.22. The number of anilines is 1. The second-order valence-corrected chi connectivity index (χ2v) is 8.52. The molecule has 5 nitrogen and oxygen atoms in total. The molecule has 0 saturated heterocycles. The highest BCUT2D eigenvalue weighted by molar-refractivity contribution is 7.15. The van der Waals surface area contributed by atoms with Crippen LogP contribution in [-0.2, 0) is 11.2 Å². The van der Waals surface area contributed by atoms with E-state index in [9.17, 15) is 9.59 Å². The minimum absolute atomic E-state index is 0.0183. The summed E-state index contributed by atoms with van der Waals surface area (Å²) in [5.41, 5.74) is 2.19. The van der Waals surface area contributed by atoms with Gasteiger partial charge in [-0.25, -0.2) is 4.98 Å². The Morgan fingerprint density at radius 2 is 1.77 bits per heavy atom. The SMILES string of the molecule is CCc1ccc(C(=O)N(CC(=O)Nc2nc(C)c(C)s2)C(C)(C)C)cc1. The van der Waals surface area contributed by atoms with E-state index in [0.717, 1.165) is 17.0 Å². The minimum atomic E-state index is -0.480. The summed E-state index contributed by atoms with van der Waals surface area (Å²) in [5.74, 6) is -0.394. The number of rotatable bonds is 5. The van der Waals surface area contributed by atoms with Crippen molar-refractivity contribution < 1.29 is 9.59 Å². The normalized spacial score (nSPS) is 11.3. The molecule has 1 aromatic heterocycles. The van der Waals surface area contributed by atoms with E-state index in [1.807, 2.05) is 58.9 Å². The van der Waals surface area contributed by atoms with Crippen LogP contribution in [0.2, 0.25) is 0 Å². The quantitative estimate of drug-likeness (QED) is 0.854. The number of thiazole rings is 1. The Balaban J connectivity index is 2.15. The first-order valence-electron chi connectivity index (χ1n) is 8.76. The van der Waals surface area contributed by atoms with Crippen molar-refractivity contribution in [2.75, 3.05) is 11.9 Å². The number of aromatic nitrogens is 1. The molecule has 1 aromatic carbocycles. The Morgan fingerprint density at radius 1 is 1.15 bits per heavy atom. The lowest BCUT2D eigenvalue weighted by molar-refractivity contribution is -0.117. The Morgan fingerprint density at radius 3 is 2.23 bits per heavy atom. The highest BCUT2D eigenvalue weighted by Gasteiger charge is 2.29. The molecule has 0 saturated carbocycles.